The van der Waals surface area contributed by atoms with Crippen molar-refractivity contribution in [3.05, 3.63) is 29.3 Å². The predicted octanol–water partition coefficient (Wildman–Crippen LogP) is 2.18. The van der Waals surface area contributed by atoms with Gasteiger partial charge in [-0.3, -0.25) is 4.79 Å². The van der Waals surface area contributed by atoms with E-state index >= 15 is 0 Å². The summed E-state index contributed by atoms with van der Waals surface area (Å²) in [4.78, 5) is 14.0. The standard InChI is InChI=1S/C15H21ClN2O2/c1-11-14(7-8-17-11)15(19)18(2)9-10-20-13-5-3-12(16)4-6-13/h3-6,11,14,17H,7-10H2,1-2H3. The zero-order valence-electron chi connectivity index (χ0n) is 11.9. The maximum Gasteiger partial charge on any atom is 0.227 e. The highest BCUT2D eigenvalue weighted by molar-refractivity contribution is 6.30. The lowest BCUT2D eigenvalue weighted by Crippen LogP contribution is -2.39. The second-order valence-corrected chi connectivity index (χ2v) is 5.64. The Morgan fingerprint density at radius 1 is 1.45 bits per heavy atom. The van der Waals surface area contributed by atoms with Crippen LogP contribution in [0, 0.1) is 5.92 Å². The van der Waals surface area contributed by atoms with E-state index in [2.05, 4.69) is 12.2 Å². The van der Waals surface area contributed by atoms with Crippen molar-refractivity contribution < 1.29 is 9.53 Å². The number of rotatable bonds is 5. The maximum atomic E-state index is 12.3. The summed E-state index contributed by atoms with van der Waals surface area (Å²) in [6.07, 6.45) is 0.919. The van der Waals surface area contributed by atoms with Crippen LogP contribution >= 0.6 is 11.6 Å². The van der Waals surface area contributed by atoms with Crippen LogP contribution in [0.2, 0.25) is 5.02 Å². The molecule has 4 nitrogen and oxygen atoms in total. The molecular weight excluding hydrogens is 276 g/mol. The van der Waals surface area contributed by atoms with Gasteiger partial charge >= 0.3 is 0 Å². The van der Waals surface area contributed by atoms with Gasteiger partial charge < -0.3 is 15.0 Å². The van der Waals surface area contributed by atoms with Crippen LogP contribution < -0.4 is 10.1 Å². The van der Waals surface area contributed by atoms with Crippen molar-refractivity contribution in [3.63, 3.8) is 0 Å². The average Bonchev–Trinajstić information content (AvgIpc) is 2.86. The third-order valence-corrected chi connectivity index (χ3v) is 3.98. The van der Waals surface area contributed by atoms with E-state index in [9.17, 15) is 4.79 Å². The Morgan fingerprint density at radius 3 is 2.75 bits per heavy atom. The molecule has 20 heavy (non-hydrogen) atoms. The lowest BCUT2D eigenvalue weighted by atomic mass is 10.0. The Bertz CT molecular complexity index is 450. The van der Waals surface area contributed by atoms with Gasteiger partial charge in [-0.25, -0.2) is 0 Å². The molecule has 0 aliphatic carbocycles. The molecule has 1 aliphatic rings. The molecule has 2 rings (SSSR count). The number of hydrogen-bond acceptors (Lipinski definition) is 3. The smallest absolute Gasteiger partial charge is 0.227 e. The number of amides is 1. The number of hydrogen-bond donors (Lipinski definition) is 1. The highest BCUT2D eigenvalue weighted by atomic mass is 35.5. The van der Waals surface area contributed by atoms with Crippen LogP contribution in [0.25, 0.3) is 0 Å². The number of likely N-dealkylation sites (N-methyl/N-ethyl adjacent to an activating group) is 1. The Hall–Kier alpha value is -1.26. The van der Waals surface area contributed by atoms with Crippen LogP contribution in [0.4, 0.5) is 0 Å². The monoisotopic (exact) mass is 296 g/mol. The third kappa shape index (κ3) is 3.87. The van der Waals surface area contributed by atoms with E-state index in [4.69, 9.17) is 16.3 Å². The molecule has 0 bridgehead atoms. The molecule has 1 amide bonds. The van der Waals surface area contributed by atoms with Gasteiger partial charge in [-0.05, 0) is 44.2 Å². The topological polar surface area (TPSA) is 41.6 Å². The minimum atomic E-state index is 0.0931. The molecule has 0 saturated carbocycles. The Balaban J connectivity index is 1.75. The first kappa shape index (κ1) is 15.1. The normalized spacial score (nSPS) is 21.8. The SMILES string of the molecule is CC1NCCC1C(=O)N(C)CCOc1ccc(Cl)cc1. The van der Waals surface area contributed by atoms with Crippen molar-refractivity contribution in [1.82, 2.24) is 10.2 Å². The van der Waals surface area contributed by atoms with Gasteiger partial charge in [0, 0.05) is 18.1 Å². The van der Waals surface area contributed by atoms with Crippen molar-refractivity contribution in [2.45, 2.75) is 19.4 Å². The molecular formula is C15H21ClN2O2. The number of halogens is 1. The molecule has 1 N–H and O–H groups in total. The van der Waals surface area contributed by atoms with Crippen LogP contribution in [0.5, 0.6) is 5.75 Å². The minimum Gasteiger partial charge on any atom is -0.492 e. The highest BCUT2D eigenvalue weighted by Gasteiger charge is 2.31. The molecule has 1 saturated heterocycles. The number of nitrogens with zero attached hydrogens (tertiary/aromatic N) is 1. The van der Waals surface area contributed by atoms with E-state index in [0.29, 0.717) is 18.2 Å². The Labute approximate surface area is 125 Å². The molecule has 1 heterocycles. The fraction of sp³-hybridized carbons (Fsp3) is 0.533. The van der Waals surface area contributed by atoms with E-state index in [1.165, 1.54) is 0 Å². The highest BCUT2D eigenvalue weighted by Crippen LogP contribution is 2.18. The average molecular weight is 297 g/mol. The second kappa shape index (κ2) is 6.95. The predicted molar refractivity (Wildman–Crippen MR) is 80.2 cm³/mol. The summed E-state index contributed by atoms with van der Waals surface area (Å²) in [5.41, 5.74) is 0. The molecule has 1 fully saturated rings. The van der Waals surface area contributed by atoms with E-state index in [1.54, 1.807) is 17.0 Å². The molecule has 0 radical (unpaired) electrons. The number of benzene rings is 1. The van der Waals surface area contributed by atoms with E-state index in [1.807, 2.05) is 19.2 Å². The maximum absolute atomic E-state index is 12.3. The zero-order valence-corrected chi connectivity index (χ0v) is 12.7. The van der Waals surface area contributed by atoms with Gasteiger partial charge in [0.1, 0.15) is 12.4 Å². The number of carbonyl (C=O) groups is 1. The molecule has 2 atom stereocenters. The quantitative estimate of drug-likeness (QED) is 0.905. The summed E-state index contributed by atoms with van der Waals surface area (Å²) in [5.74, 6) is 1.06. The molecule has 2 unspecified atom stereocenters. The van der Waals surface area contributed by atoms with E-state index in [-0.39, 0.29) is 17.9 Å². The largest absolute Gasteiger partial charge is 0.492 e. The Kier molecular flexibility index (Phi) is 5.26. The van der Waals surface area contributed by atoms with Crippen LogP contribution in [0.3, 0.4) is 0 Å². The van der Waals surface area contributed by atoms with Crippen molar-refractivity contribution in [3.8, 4) is 5.75 Å². The van der Waals surface area contributed by atoms with Crippen LogP contribution in [0.1, 0.15) is 13.3 Å². The van der Waals surface area contributed by atoms with Gasteiger partial charge in [-0.2, -0.15) is 0 Å². The summed E-state index contributed by atoms with van der Waals surface area (Å²) < 4.78 is 5.60. The molecule has 1 aromatic rings. The summed E-state index contributed by atoms with van der Waals surface area (Å²) in [6.45, 7) is 4.06. The number of nitrogens with one attached hydrogen (secondary N) is 1. The minimum absolute atomic E-state index is 0.0931. The first-order valence-corrected chi connectivity index (χ1v) is 7.32. The molecule has 1 aromatic carbocycles. The molecule has 0 spiro atoms. The van der Waals surface area contributed by atoms with Gasteiger partial charge in [0.15, 0.2) is 0 Å². The molecule has 110 valence electrons. The fourth-order valence-electron chi connectivity index (χ4n) is 2.42. The first-order chi connectivity index (χ1) is 9.58. The van der Waals surface area contributed by atoms with Crippen LogP contribution in [-0.4, -0.2) is 43.6 Å². The summed E-state index contributed by atoms with van der Waals surface area (Å²) >= 11 is 5.81. The second-order valence-electron chi connectivity index (χ2n) is 5.20. The lowest BCUT2D eigenvalue weighted by Gasteiger charge is -2.23. The molecule has 0 aromatic heterocycles. The van der Waals surface area contributed by atoms with Gasteiger partial charge in [0.2, 0.25) is 5.91 Å². The van der Waals surface area contributed by atoms with Crippen molar-refractivity contribution in [2.24, 2.45) is 5.92 Å². The van der Waals surface area contributed by atoms with E-state index < -0.39 is 0 Å². The summed E-state index contributed by atoms with van der Waals surface area (Å²) in [5, 5.41) is 3.99. The number of ether oxygens (including phenoxy) is 1. The van der Waals surface area contributed by atoms with Gasteiger partial charge in [-0.15, -0.1) is 0 Å². The summed E-state index contributed by atoms with van der Waals surface area (Å²) in [7, 11) is 1.83. The lowest BCUT2D eigenvalue weighted by molar-refractivity contribution is -0.134. The third-order valence-electron chi connectivity index (χ3n) is 3.73. The van der Waals surface area contributed by atoms with Gasteiger partial charge in [-0.1, -0.05) is 11.6 Å². The zero-order chi connectivity index (χ0) is 14.5. The van der Waals surface area contributed by atoms with E-state index in [0.717, 1.165) is 18.7 Å². The number of carbonyl (C=O) groups excluding carboxylic acids is 1. The van der Waals surface area contributed by atoms with Crippen molar-refractivity contribution in [2.75, 3.05) is 26.7 Å². The van der Waals surface area contributed by atoms with Crippen molar-refractivity contribution in [1.29, 1.82) is 0 Å². The molecule has 5 heteroatoms. The summed E-state index contributed by atoms with van der Waals surface area (Å²) in [6, 6.07) is 7.50. The van der Waals surface area contributed by atoms with Crippen LogP contribution in [-0.2, 0) is 4.79 Å². The van der Waals surface area contributed by atoms with Gasteiger partial charge in [0.05, 0.1) is 12.5 Å². The van der Waals surface area contributed by atoms with Gasteiger partial charge in [0.25, 0.3) is 0 Å². The molecule has 1 aliphatic heterocycles. The van der Waals surface area contributed by atoms with Crippen LogP contribution in [0.15, 0.2) is 24.3 Å². The first-order valence-electron chi connectivity index (χ1n) is 6.94. The Morgan fingerprint density at radius 2 is 2.15 bits per heavy atom. The fourth-order valence-corrected chi connectivity index (χ4v) is 2.55. The van der Waals surface area contributed by atoms with Crippen molar-refractivity contribution >= 4 is 17.5 Å².